The van der Waals surface area contributed by atoms with Crippen molar-refractivity contribution in [2.24, 2.45) is 0 Å². The van der Waals surface area contributed by atoms with Crippen LogP contribution in [0.15, 0.2) is 0 Å². The Morgan fingerprint density at radius 3 is 0.838 bits per heavy atom. The van der Waals surface area contributed by atoms with Crippen molar-refractivity contribution in [3.63, 3.8) is 0 Å². The Hall–Kier alpha value is -0.0995. The third-order valence-electron chi connectivity index (χ3n) is 7.14. The topological polar surface area (TPSA) is 54.0 Å². The van der Waals surface area contributed by atoms with Gasteiger partial charge >= 0.3 is 45.5 Å². The van der Waals surface area contributed by atoms with E-state index >= 15 is 0 Å². The molecule has 0 saturated carbocycles. The normalized spacial score (nSPS) is 13.7. The van der Waals surface area contributed by atoms with E-state index in [0.717, 1.165) is 47.3 Å². The van der Waals surface area contributed by atoms with Crippen molar-refractivity contribution < 1.29 is 0 Å². The summed E-state index contributed by atoms with van der Waals surface area (Å²) < 4.78 is 0. The SMILES string of the molecule is CCC(C)(C)c1nc(C(C)(C)C)c(C(C)(C)C)[n-]1.CCC(C)(C)c1nc(C(C)(C)C)c(C(C)(C)C)[n-]1.[Sr+2]. The van der Waals surface area contributed by atoms with Gasteiger partial charge in [0.25, 0.3) is 0 Å². The maximum Gasteiger partial charge on any atom is 2.00 e. The van der Waals surface area contributed by atoms with Crippen LogP contribution in [0.1, 0.15) is 172 Å². The van der Waals surface area contributed by atoms with Crippen LogP contribution < -0.4 is 9.97 Å². The minimum Gasteiger partial charge on any atom is -0.442 e. The van der Waals surface area contributed by atoms with E-state index < -0.39 is 0 Å². The molecule has 0 aliphatic rings. The molecule has 4 nitrogen and oxygen atoms in total. The first-order valence-electron chi connectivity index (χ1n) is 13.9. The second-order valence-electron chi connectivity index (χ2n) is 16.0. The third kappa shape index (κ3) is 9.50. The zero-order valence-corrected chi connectivity index (χ0v) is 31.4. The molecule has 0 aliphatic heterocycles. The monoisotopic (exact) mass is 586 g/mol. The van der Waals surface area contributed by atoms with E-state index in [9.17, 15) is 0 Å². The smallest absolute Gasteiger partial charge is 0.442 e. The van der Waals surface area contributed by atoms with E-state index in [-0.39, 0.29) is 78.0 Å². The molecule has 37 heavy (non-hydrogen) atoms. The molecule has 2 aromatic heterocycles. The first-order chi connectivity index (χ1) is 15.8. The van der Waals surface area contributed by atoms with Crippen molar-refractivity contribution in [2.45, 2.75) is 170 Å². The van der Waals surface area contributed by atoms with Crippen LogP contribution in [-0.4, -0.2) is 55.4 Å². The summed E-state index contributed by atoms with van der Waals surface area (Å²) in [5.41, 5.74) is 4.97. The predicted octanol–water partition coefficient (Wildman–Crippen LogP) is 8.26. The molecule has 0 saturated heterocycles. The predicted molar refractivity (Wildman–Crippen MR) is 162 cm³/mol. The fraction of sp³-hybridized carbons (Fsp3) is 0.812. The molecule has 0 aromatic carbocycles. The molecule has 2 aromatic rings. The Labute approximate surface area is 267 Å². The van der Waals surface area contributed by atoms with Crippen LogP contribution in [0.4, 0.5) is 0 Å². The number of nitrogens with zero attached hydrogens (tertiary/aromatic N) is 4. The zero-order chi connectivity index (χ0) is 28.7. The summed E-state index contributed by atoms with van der Waals surface area (Å²) >= 11 is 0. The number of rotatable bonds is 4. The van der Waals surface area contributed by atoms with Crippen molar-refractivity contribution in [1.29, 1.82) is 0 Å². The molecule has 0 aliphatic carbocycles. The zero-order valence-electron chi connectivity index (χ0n) is 27.9. The summed E-state index contributed by atoms with van der Waals surface area (Å²) in [6.07, 6.45) is 2.12. The first-order valence-corrected chi connectivity index (χ1v) is 13.9. The Bertz CT molecular complexity index is 848. The fourth-order valence-corrected chi connectivity index (χ4v) is 3.70. The molecule has 0 fully saturated rings. The molecule has 0 unspecified atom stereocenters. The Balaban J connectivity index is 0.000000682. The summed E-state index contributed by atoms with van der Waals surface area (Å²) in [6.45, 7) is 39.9. The standard InChI is InChI=1S/2C16H29N2.Sr/c2*1-10-16(8,9)13-17-11(14(2,3)4)12(18-13)15(5,6)7;/h2*10H2,1-9H3;/q2*-1;+2. The number of aromatic nitrogens is 4. The first kappa shape index (κ1) is 36.9. The number of hydrogen-bond donors (Lipinski definition) is 0. The van der Waals surface area contributed by atoms with Gasteiger partial charge in [-0.1, -0.05) is 159 Å². The second kappa shape index (κ2) is 12.2. The Morgan fingerprint density at radius 2 is 0.703 bits per heavy atom. The van der Waals surface area contributed by atoms with Crippen molar-refractivity contribution in [3.05, 3.63) is 34.4 Å². The van der Waals surface area contributed by atoms with Gasteiger partial charge in [0.15, 0.2) is 0 Å². The molecule has 0 radical (unpaired) electrons. The summed E-state index contributed by atoms with van der Waals surface area (Å²) in [5.74, 6) is 2.00. The molecule has 0 amide bonds. The molecule has 2 rings (SSSR count). The van der Waals surface area contributed by atoms with Crippen LogP contribution >= 0.6 is 0 Å². The van der Waals surface area contributed by atoms with Crippen molar-refractivity contribution in [3.8, 4) is 0 Å². The molecule has 0 N–H and O–H groups in total. The van der Waals surface area contributed by atoms with Gasteiger partial charge in [-0.05, 0) is 45.3 Å². The van der Waals surface area contributed by atoms with Gasteiger partial charge in [-0.15, -0.1) is 0 Å². The quantitative estimate of drug-likeness (QED) is 0.339. The van der Waals surface area contributed by atoms with Crippen molar-refractivity contribution in [2.75, 3.05) is 0 Å². The van der Waals surface area contributed by atoms with Gasteiger partial charge in [-0.2, -0.15) is 0 Å². The molecule has 0 bridgehead atoms. The molecule has 2 heterocycles. The van der Waals surface area contributed by atoms with Crippen LogP contribution in [0, 0.1) is 0 Å². The van der Waals surface area contributed by atoms with E-state index in [2.05, 4.69) is 125 Å². The maximum absolute atomic E-state index is 4.88. The Kier molecular flexibility index (Phi) is 12.2. The van der Waals surface area contributed by atoms with Gasteiger partial charge in [0.2, 0.25) is 0 Å². The van der Waals surface area contributed by atoms with Gasteiger partial charge in [0, 0.05) is 0 Å². The molecule has 5 heteroatoms. The average Bonchev–Trinajstić information content (AvgIpc) is 3.33. The van der Waals surface area contributed by atoms with Gasteiger partial charge in [0.1, 0.15) is 0 Å². The number of hydrogen-bond acceptors (Lipinski definition) is 2. The van der Waals surface area contributed by atoms with E-state index in [4.69, 9.17) is 19.9 Å². The van der Waals surface area contributed by atoms with Crippen molar-refractivity contribution >= 4 is 45.5 Å². The minimum atomic E-state index is 0. The minimum absolute atomic E-state index is 0. The van der Waals surface area contributed by atoms with Crippen LogP contribution in [0.25, 0.3) is 0 Å². The van der Waals surface area contributed by atoms with E-state index in [1.807, 2.05) is 0 Å². The van der Waals surface area contributed by atoms with Gasteiger partial charge in [-0.3, -0.25) is 0 Å². The largest absolute Gasteiger partial charge is 2.00 e. The molecular formula is C32H58N4Sr. The van der Waals surface area contributed by atoms with Gasteiger partial charge in [-0.25, -0.2) is 0 Å². The van der Waals surface area contributed by atoms with Gasteiger partial charge < -0.3 is 19.9 Å². The van der Waals surface area contributed by atoms with Crippen LogP contribution in [0.5, 0.6) is 0 Å². The average molecular weight is 586 g/mol. The van der Waals surface area contributed by atoms with E-state index in [0.29, 0.717) is 0 Å². The Morgan fingerprint density at radius 1 is 0.459 bits per heavy atom. The molecule has 208 valence electrons. The molecule has 0 atom stereocenters. The summed E-state index contributed by atoms with van der Waals surface area (Å²) in [4.78, 5) is 19.5. The maximum atomic E-state index is 4.88. The molecule has 0 spiro atoms. The number of imidazole rings is 2. The summed E-state index contributed by atoms with van der Waals surface area (Å²) in [6, 6.07) is 0. The van der Waals surface area contributed by atoms with E-state index in [1.165, 1.54) is 0 Å². The van der Waals surface area contributed by atoms with Gasteiger partial charge in [0.05, 0.1) is 0 Å². The fourth-order valence-electron chi connectivity index (χ4n) is 3.70. The summed E-state index contributed by atoms with van der Waals surface area (Å²) in [5, 5.41) is 0. The van der Waals surface area contributed by atoms with Crippen LogP contribution in [-0.2, 0) is 32.5 Å². The van der Waals surface area contributed by atoms with E-state index in [1.54, 1.807) is 0 Å². The summed E-state index contributed by atoms with van der Waals surface area (Å²) in [7, 11) is 0. The van der Waals surface area contributed by atoms with Crippen molar-refractivity contribution in [1.82, 2.24) is 19.9 Å². The third-order valence-corrected chi connectivity index (χ3v) is 7.14. The second-order valence-corrected chi connectivity index (χ2v) is 16.0. The van der Waals surface area contributed by atoms with Crippen LogP contribution in [0.2, 0.25) is 0 Å². The molecular weight excluding hydrogens is 528 g/mol. The van der Waals surface area contributed by atoms with Crippen LogP contribution in [0.3, 0.4) is 0 Å².